The third kappa shape index (κ3) is 2.10. The van der Waals surface area contributed by atoms with E-state index in [9.17, 15) is 14.1 Å². The lowest BCUT2D eigenvalue weighted by atomic mass is 9.70. The predicted octanol–water partition coefficient (Wildman–Crippen LogP) is 0.213. The van der Waals surface area contributed by atoms with Gasteiger partial charge >= 0.3 is 11.4 Å². The zero-order valence-electron chi connectivity index (χ0n) is 14.9. The van der Waals surface area contributed by atoms with Gasteiger partial charge in [-0.1, -0.05) is 0 Å². The van der Waals surface area contributed by atoms with Crippen LogP contribution in [0.25, 0.3) is 0 Å². The Balaban J connectivity index is 1.54. The number of aromatic hydroxyl groups is 1. The number of rotatable bonds is 0. The summed E-state index contributed by atoms with van der Waals surface area (Å²) < 4.78 is 45.9. The highest BCUT2D eigenvalue weighted by molar-refractivity contribution is 7.75. The molecule has 150 valence electrons. The highest BCUT2D eigenvalue weighted by Crippen LogP contribution is 2.54. The normalized spacial score (nSPS) is 41.6. The lowest BCUT2D eigenvalue weighted by molar-refractivity contribution is -0.152. The number of ether oxygens (including phenoxy) is 4. The van der Waals surface area contributed by atoms with Crippen LogP contribution in [0.4, 0.5) is 0 Å². The number of hydrogen-bond acceptors (Lipinski definition) is 9. The Morgan fingerprint density at radius 1 is 1.14 bits per heavy atom. The van der Waals surface area contributed by atoms with Gasteiger partial charge in [0.2, 0.25) is 12.5 Å². The van der Waals surface area contributed by atoms with Crippen LogP contribution in [-0.2, 0) is 29.2 Å². The van der Waals surface area contributed by atoms with E-state index in [1.807, 2.05) is 0 Å². The molecule has 1 aromatic rings. The van der Waals surface area contributed by atoms with E-state index in [1.165, 1.54) is 0 Å². The number of fused-ring (bicyclic) bond motifs is 9. The first-order chi connectivity index (χ1) is 13.3. The maximum atomic E-state index is 12.9. The average molecular weight is 411 g/mol. The Morgan fingerprint density at radius 2 is 1.89 bits per heavy atom. The molecule has 4 aliphatic heterocycles. The lowest BCUT2D eigenvalue weighted by Gasteiger charge is -2.45. The minimum atomic E-state index is -1.95. The van der Waals surface area contributed by atoms with Crippen molar-refractivity contribution < 1.29 is 41.4 Å². The second kappa shape index (κ2) is 5.36. The smallest absolute Gasteiger partial charge is 0.305 e. The summed E-state index contributed by atoms with van der Waals surface area (Å²) in [5.74, 6) is -1.66. The Hall–Kier alpha value is -1.92. The molecule has 3 fully saturated rings. The van der Waals surface area contributed by atoms with Crippen LogP contribution >= 0.6 is 0 Å². The standard InChI is InChI=1S/C17H17NO9S/c1-17(2)24-13-9-7(12-15(14(13)25-17)27-28(21)26-12)5-3-6-11(23-4-22-6)10(19)8(5)16(20)18-9/h3,7,9,12-15,19H,4H2,1-2H3,(H,18,20)/t7-,9-,12+,13+,14+,15+,28?/m1/s1. The highest BCUT2D eigenvalue weighted by Gasteiger charge is 2.64. The first-order valence-corrected chi connectivity index (χ1v) is 9.92. The van der Waals surface area contributed by atoms with Crippen molar-refractivity contribution in [2.45, 2.75) is 56.0 Å². The van der Waals surface area contributed by atoms with E-state index < -0.39 is 59.4 Å². The molecule has 6 rings (SSSR count). The molecule has 0 spiro atoms. The SMILES string of the molecule is CC1(C)O[C@@H]2[C@H]3OS(=O)O[C@H]3[C@@H]3c4cc5c(c(O)c4C(=O)N[C@H]3[C@@H]2O1)OCO5. The van der Waals surface area contributed by atoms with Gasteiger partial charge in [-0.15, -0.1) is 0 Å². The molecule has 0 aromatic heterocycles. The van der Waals surface area contributed by atoms with Crippen molar-refractivity contribution >= 4 is 17.3 Å². The monoisotopic (exact) mass is 411 g/mol. The minimum Gasteiger partial charge on any atom is -0.504 e. The summed E-state index contributed by atoms with van der Waals surface area (Å²) in [7, 11) is 0. The molecular weight excluding hydrogens is 394 g/mol. The molecule has 2 saturated heterocycles. The quantitative estimate of drug-likeness (QED) is 0.617. The van der Waals surface area contributed by atoms with Crippen LogP contribution in [0.5, 0.6) is 17.2 Å². The topological polar surface area (TPSA) is 122 Å². The summed E-state index contributed by atoms with van der Waals surface area (Å²) in [4.78, 5) is 12.9. The van der Waals surface area contributed by atoms with Crippen LogP contribution in [0.15, 0.2) is 6.07 Å². The number of carbonyl (C=O) groups is 1. The molecule has 1 aliphatic carbocycles. The van der Waals surface area contributed by atoms with E-state index in [-0.39, 0.29) is 23.9 Å². The molecule has 1 aromatic carbocycles. The molecule has 2 N–H and O–H groups in total. The first kappa shape index (κ1) is 17.0. The molecule has 28 heavy (non-hydrogen) atoms. The molecule has 1 saturated carbocycles. The van der Waals surface area contributed by atoms with Gasteiger partial charge in [0.05, 0.1) is 11.6 Å². The van der Waals surface area contributed by atoms with Crippen LogP contribution < -0.4 is 14.8 Å². The first-order valence-electron chi connectivity index (χ1n) is 8.92. The van der Waals surface area contributed by atoms with Gasteiger partial charge in [0.15, 0.2) is 17.3 Å². The number of carbonyl (C=O) groups excluding carboxylic acids is 1. The van der Waals surface area contributed by atoms with Crippen molar-refractivity contribution in [3.63, 3.8) is 0 Å². The van der Waals surface area contributed by atoms with Crippen molar-refractivity contribution in [3.05, 3.63) is 17.2 Å². The van der Waals surface area contributed by atoms with Crippen molar-refractivity contribution in [1.29, 1.82) is 0 Å². The number of phenols is 1. The molecule has 10 nitrogen and oxygen atoms in total. The van der Waals surface area contributed by atoms with E-state index in [4.69, 9.17) is 27.3 Å². The van der Waals surface area contributed by atoms with Gasteiger partial charge in [-0.25, -0.2) is 0 Å². The largest absolute Gasteiger partial charge is 0.504 e. The van der Waals surface area contributed by atoms with Crippen molar-refractivity contribution in [1.82, 2.24) is 5.32 Å². The molecule has 7 atom stereocenters. The van der Waals surface area contributed by atoms with Gasteiger partial charge < -0.3 is 29.4 Å². The fourth-order valence-electron chi connectivity index (χ4n) is 4.89. The van der Waals surface area contributed by atoms with Crippen molar-refractivity contribution in [3.8, 4) is 17.2 Å². The summed E-state index contributed by atoms with van der Waals surface area (Å²) in [5, 5.41) is 13.5. The number of nitrogens with one attached hydrogen (secondary N) is 1. The summed E-state index contributed by atoms with van der Waals surface area (Å²) in [6.07, 6.45) is -2.41. The van der Waals surface area contributed by atoms with E-state index in [0.29, 0.717) is 11.3 Å². The van der Waals surface area contributed by atoms with Crippen LogP contribution in [0, 0.1) is 0 Å². The Kier molecular flexibility index (Phi) is 3.25. The minimum absolute atomic E-state index is 0.0486. The van der Waals surface area contributed by atoms with Gasteiger partial charge in [0.25, 0.3) is 5.91 Å². The molecule has 4 heterocycles. The van der Waals surface area contributed by atoms with Crippen LogP contribution in [0.3, 0.4) is 0 Å². The zero-order chi connectivity index (χ0) is 19.4. The van der Waals surface area contributed by atoms with Gasteiger partial charge in [0, 0.05) is 5.92 Å². The molecule has 11 heteroatoms. The van der Waals surface area contributed by atoms with Crippen LogP contribution in [-0.4, -0.2) is 58.3 Å². The second-order valence-electron chi connectivity index (χ2n) is 7.84. The third-order valence-electron chi connectivity index (χ3n) is 5.84. The Bertz CT molecular complexity index is 934. The van der Waals surface area contributed by atoms with Crippen LogP contribution in [0.1, 0.15) is 35.7 Å². The second-order valence-corrected chi connectivity index (χ2v) is 8.63. The van der Waals surface area contributed by atoms with E-state index in [0.717, 1.165) is 0 Å². The number of hydrogen-bond donors (Lipinski definition) is 2. The fourth-order valence-corrected chi connectivity index (χ4v) is 5.75. The Morgan fingerprint density at radius 3 is 2.71 bits per heavy atom. The summed E-state index contributed by atoms with van der Waals surface area (Å²) in [5.41, 5.74) is 0.599. The maximum absolute atomic E-state index is 12.9. The van der Waals surface area contributed by atoms with Gasteiger partial charge in [-0.05, 0) is 25.5 Å². The number of phenolic OH excluding ortho intramolecular Hbond substituents is 1. The predicted molar refractivity (Wildman–Crippen MR) is 89.9 cm³/mol. The summed E-state index contributed by atoms with van der Waals surface area (Å²) >= 11 is -1.95. The number of amides is 1. The van der Waals surface area contributed by atoms with E-state index in [2.05, 4.69) is 5.32 Å². The van der Waals surface area contributed by atoms with E-state index >= 15 is 0 Å². The molecule has 0 bridgehead atoms. The molecule has 1 unspecified atom stereocenters. The van der Waals surface area contributed by atoms with Gasteiger partial charge in [0.1, 0.15) is 24.4 Å². The zero-order valence-corrected chi connectivity index (χ0v) is 15.7. The van der Waals surface area contributed by atoms with E-state index in [1.54, 1.807) is 19.9 Å². The Labute approximate surface area is 161 Å². The maximum Gasteiger partial charge on any atom is 0.305 e. The summed E-state index contributed by atoms with van der Waals surface area (Å²) in [6, 6.07) is 1.14. The molecule has 1 amide bonds. The van der Waals surface area contributed by atoms with Crippen molar-refractivity contribution in [2.75, 3.05) is 6.79 Å². The average Bonchev–Trinajstić information content (AvgIpc) is 3.30. The lowest BCUT2D eigenvalue weighted by Crippen LogP contribution is -2.64. The van der Waals surface area contributed by atoms with Crippen molar-refractivity contribution in [2.24, 2.45) is 0 Å². The fraction of sp³-hybridized carbons (Fsp3) is 0.588. The molecule has 5 aliphatic rings. The summed E-state index contributed by atoms with van der Waals surface area (Å²) in [6.45, 7) is 3.49. The third-order valence-corrected chi connectivity index (χ3v) is 6.60. The van der Waals surface area contributed by atoms with Gasteiger partial charge in [-0.3, -0.25) is 13.2 Å². The van der Waals surface area contributed by atoms with Gasteiger partial charge in [-0.2, -0.15) is 4.21 Å². The molecular formula is C17H17NO9S. The highest BCUT2D eigenvalue weighted by atomic mass is 32.2. The van der Waals surface area contributed by atoms with Crippen LogP contribution in [0.2, 0.25) is 0 Å². The molecule has 0 radical (unpaired) electrons. The number of benzene rings is 1.